The van der Waals surface area contributed by atoms with Crippen molar-refractivity contribution in [2.45, 2.75) is 32.8 Å². The summed E-state index contributed by atoms with van der Waals surface area (Å²) in [6, 6.07) is 1.75. The second-order valence-electron chi connectivity index (χ2n) is 4.53. The number of nitrogens with zero attached hydrogens (tertiary/aromatic N) is 2. The van der Waals surface area contributed by atoms with Gasteiger partial charge >= 0.3 is 0 Å². The molecule has 0 aliphatic heterocycles. The Bertz CT molecular complexity index is 383. The van der Waals surface area contributed by atoms with Gasteiger partial charge in [-0.2, -0.15) is 4.98 Å². The number of hydrogen-bond acceptors (Lipinski definition) is 6. The van der Waals surface area contributed by atoms with Crippen LogP contribution in [0.2, 0.25) is 0 Å². The fourth-order valence-electron chi connectivity index (χ4n) is 1.22. The van der Waals surface area contributed by atoms with E-state index in [9.17, 15) is 5.11 Å². The van der Waals surface area contributed by atoms with E-state index in [0.717, 1.165) is 12.1 Å². The Morgan fingerprint density at radius 2 is 2.17 bits per heavy atom. The third-order valence-corrected chi connectivity index (χ3v) is 2.25. The van der Waals surface area contributed by atoms with Crippen LogP contribution in [-0.4, -0.2) is 45.5 Å². The van der Waals surface area contributed by atoms with Crippen LogP contribution in [0.1, 0.15) is 26.0 Å². The van der Waals surface area contributed by atoms with Crippen molar-refractivity contribution in [2.24, 2.45) is 0 Å². The lowest BCUT2D eigenvalue weighted by molar-refractivity contribution is 0.0131. The molecular formula is C12H21N3O3. The summed E-state index contributed by atoms with van der Waals surface area (Å²) in [5.74, 6) is 0.894. The number of ether oxygens (including phenoxy) is 1. The van der Waals surface area contributed by atoms with E-state index < -0.39 is 5.60 Å². The number of hydrogen-bond donors (Lipinski definition) is 3. The Balaban J connectivity index is 2.68. The molecule has 0 aromatic carbocycles. The number of aliphatic hydroxyl groups is 2. The van der Waals surface area contributed by atoms with E-state index in [1.165, 1.54) is 6.92 Å². The molecular weight excluding hydrogens is 234 g/mol. The van der Waals surface area contributed by atoms with Gasteiger partial charge in [-0.1, -0.05) is 6.92 Å². The molecule has 0 spiro atoms. The molecule has 0 radical (unpaired) electrons. The molecule has 0 aliphatic carbocycles. The van der Waals surface area contributed by atoms with Gasteiger partial charge in [0.1, 0.15) is 5.60 Å². The van der Waals surface area contributed by atoms with Crippen molar-refractivity contribution in [2.75, 3.05) is 25.1 Å². The lowest BCUT2D eigenvalue weighted by Crippen LogP contribution is -2.37. The van der Waals surface area contributed by atoms with Gasteiger partial charge in [0.25, 0.3) is 0 Å². The minimum atomic E-state index is -1.20. The minimum absolute atomic E-state index is 0.167. The highest BCUT2D eigenvalue weighted by Crippen LogP contribution is 2.13. The maximum atomic E-state index is 9.67. The second-order valence-corrected chi connectivity index (χ2v) is 4.53. The number of aromatic nitrogens is 2. The van der Waals surface area contributed by atoms with Crippen molar-refractivity contribution in [1.82, 2.24) is 9.97 Å². The predicted octanol–water partition coefficient (Wildman–Crippen LogP) is 0.729. The first-order chi connectivity index (χ1) is 8.46. The van der Waals surface area contributed by atoms with Crippen molar-refractivity contribution in [3.05, 3.63) is 11.8 Å². The monoisotopic (exact) mass is 255 g/mol. The number of aliphatic hydroxyl groups excluding tert-OH is 1. The van der Waals surface area contributed by atoms with Crippen LogP contribution in [0, 0.1) is 6.92 Å². The fourth-order valence-corrected chi connectivity index (χ4v) is 1.22. The van der Waals surface area contributed by atoms with E-state index in [1.54, 1.807) is 6.07 Å². The van der Waals surface area contributed by atoms with Crippen molar-refractivity contribution >= 4 is 5.95 Å². The average Bonchev–Trinajstić information content (AvgIpc) is 2.33. The Morgan fingerprint density at radius 3 is 2.78 bits per heavy atom. The Labute approximate surface area is 107 Å². The van der Waals surface area contributed by atoms with Crippen LogP contribution >= 0.6 is 0 Å². The van der Waals surface area contributed by atoms with Crippen LogP contribution in [0.5, 0.6) is 5.88 Å². The molecule has 102 valence electrons. The van der Waals surface area contributed by atoms with E-state index in [4.69, 9.17) is 9.84 Å². The molecule has 6 nitrogen and oxygen atoms in total. The van der Waals surface area contributed by atoms with Gasteiger partial charge in [0.15, 0.2) is 0 Å². The van der Waals surface area contributed by atoms with Crippen LogP contribution in [-0.2, 0) is 0 Å². The van der Waals surface area contributed by atoms with Crippen LogP contribution in [0.15, 0.2) is 6.07 Å². The lowest BCUT2D eigenvalue weighted by Gasteiger charge is -2.20. The summed E-state index contributed by atoms with van der Waals surface area (Å²) in [6.45, 7) is 5.83. The van der Waals surface area contributed by atoms with Crippen molar-refractivity contribution in [3.63, 3.8) is 0 Å². The quantitative estimate of drug-likeness (QED) is 0.665. The van der Waals surface area contributed by atoms with Gasteiger partial charge in [-0.15, -0.1) is 0 Å². The Hall–Kier alpha value is -1.40. The van der Waals surface area contributed by atoms with Gasteiger partial charge < -0.3 is 20.3 Å². The van der Waals surface area contributed by atoms with Gasteiger partial charge in [0.2, 0.25) is 11.8 Å². The highest BCUT2D eigenvalue weighted by molar-refractivity contribution is 5.31. The van der Waals surface area contributed by atoms with Gasteiger partial charge in [0.05, 0.1) is 13.2 Å². The van der Waals surface area contributed by atoms with E-state index >= 15 is 0 Å². The van der Waals surface area contributed by atoms with Gasteiger partial charge in [0, 0.05) is 18.3 Å². The van der Waals surface area contributed by atoms with E-state index in [2.05, 4.69) is 15.3 Å². The van der Waals surface area contributed by atoms with Gasteiger partial charge in [-0.3, -0.25) is 0 Å². The first-order valence-corrected chi connectivity index (χ1v) is 6.02. The number of anilines is 1. The molecule has 0 saturated heterocycles. The summed E-state index contributed by atoms with van der Waals surface area (Å²) in [5.41, 5.74) is -0.417. The molecule has 1 atom stereocenters. The van der Waals surface area contributed by atoms with E-state index in [0.29, 0.717) is 18.4 Å². The molecule has 0 bridgehead atoms. The zero-order valence-corrected chi connectivity index (χ0v) is 11.1. The first-order valence-electron chi connectivity index (χ1n) is 6.02. The molecule has 1 aromatic heterocycles. The highest BCUT2D eigenvalue weighted by Gasteiger charge is 2.19. The SMILES string of the molecule is CCCOc1cc(C)nc(NCC(C)(O)CO)n1. The summed E-state index contributed by atoms with van der Waals surface area (Å²) in [7, 11) is 0. The topological polar surface area (TPSA) is 87.5 Å². The molecule has 0 saturated carbocycles. The zero-order chi connectivity index (χ0) is 13.6. The normalized spacial score (nSPS) is 14.1. The molecule has 1 rings (SSSR count). The van der Waals surface area contributed by atoms with Crippen molar-refractivity contribution in [1.29, 1.82) is 0 Å². The molecule has 1 heterocycles. The van der Waals surface area contributed by atoms with Gasteiger partial charge in [-0.05, 0) is 20.3 Å². The highest BCUT2D eigenvalue weighted by atomic mass is 16.5. The summed E-state index contributed by atoms with van der Waals surface area (Å²) in [6.07, 6.45) is 0.908. The average molecular weight is 255 g/mol. The van der Waals surface area contributed by atoms with Gasteiger partial charge in [-0.25, -0.2) is 4.98 Å². The molecule has 0 amide bonds. The first kappa shape index (κ1) is 14.7. The fraction of sp³-hybridized carbons (Fsp3) is 0.667. The predicted molar refractivity (Wildman–Crippen MR) is 68.8 cm³/mol. The van der Waals surface area contributed by atoms with Crippen molar-refractivity contribution in [3.8, 4) is 5.88 Å². The molecule has 0 aliphatic rings. The maximum absolute atomic E-state index is 9.67. The Kier molecular flexibility index (Phi) is 5.30. The molecule has 6 heteroatoms. The minimum Gasteiger partial charge on any atom is -0.478 e. The van der Waals surface area contributed by atoms with Crippen LogP contribution in [0.25, 0.3) is 0 Å². The molecule has 1 aromatic rings. The number of aryl methyl sites for hydroxylation is 1. The maximum Gasteiger partial charge on any atom is 0.226 e. The van der Waals surface area contributed by atoms with Crippen LogP contribution in [0.4, 0.5) is 5.95 Å². The summed E-state index contributed by atoms with van der Waals surface area (Å²) >= 11 is 0. The number of nitrogens with one attached hydrogen (secondary N) is 1. The zero-order valence-electron chi connectivity index (χ0n) is 11.1. The Morgan fingerprint density at radius 1 is 1.44 bits per heavy atom. The molecule has 0 fully saturated rings. The molecule has 1 unspecified atom stereocenters. The third kappa shape index (κ3) is 4.85. The van der Waals surface area contributed by atoms with Crippen LogP contribution < -0.4 is 10.1 Å². The molecule has 3 N–H and O–H groups in total. The third-order valence-electron chi connectivity index (χ3n) is 2.25. The standard InChI is InChI=1S/C12H21N3O3/c1-4-5-18-10-6-9(2)14-11(15-10)13-7-12(3,17)8-16/h6,16-17H,4-5,7-8H2,1-3H3,(H,13,14,15). The van der Waals surface area contributed by atoms with Crippen LogP contribution in [0.3, 0.4) is 0 Å². The smallest absolute Gasteiger partial charge is 0.226 e. The summed E-state index contributed by atoms with van der Waals surface area (Å²) in [4.78, 5) is 8.36. The molecule has 18 heavy (non-hydrogen) atoms. The van der Waals surface area contributed by atoms with Crippen molar-refractivity contribution < 1.29 is 14.9 Å². The number of rotatable bonds is 7. The second kappa shape index (κ2) is 6.51. The lowest BCUT2D eigenvalue weighted by atomic mass is 10.1. The largest absolute Gasteiger partial charge is 0.478 e. The van der Waals surface area contributed by atoms with E-state index in [-0.39, 0.29) is 13.2 Å². The summed E-state index contributed by atoms with van der Waals surface area (Å²) in [5, 5.41) is 21.5. The summed E-state index contributed by atoms with van der Waals surface area (Å²) < 4.78 is 5.43. The van der Waals surface area contributed by atoms with E-state index in [1.807, 2.05) is 13.8 Å².